The molecule has 4 aliphatic heterocycles. The molecule has 18 rings (SSSR count). The van der Waals surface area contributed by atoms with Gasteiger partial charge in [0, 0.05) is 104 Å². The lowest BCUT2D eigenvalue weighted by Gasteiger charge is -2.44. The fourth-order valence-corrected chi connectivity index (χ4v) is 16.8. The van der Waals surface area contributed by atoms with Crippen LogP contribution in [0.1, 0.15) is 0 Å². The van der Waals surface area contributed by atoms with Crippen molar-refractivity contribution in [1.29, 1.82) is 0 Å². The van der Waals surface area contributed by atoms with Crippen molar-refractivity contribution in [3.8, 4) is 22.6 Å². The van der Waals surface area contributed by atoms with E-state index in [2.05, 4.69) is 323 Å². The fraction of sp³-hybridized carbons (Fsp3) is 0. The number of hydrogen-bond donors (Lipinski definition) is 0. The number of para-hydroxylation sites is 8. The summed E-state index contributed by atoms with van der Waals surface area (Å²) in [5.74, 6) is 1.73. The van der Waals surface area contributed by atoms with Crippen LogP contribution in [0.3, 0.4) is 0 Å². The summed E-state index contributed by atoms with van der Waals surface area (Å²) in [5, 5.41) is 2.54. The average Bonchev–Trinajstić information content (AvgIpc) is 1.00. The third-order valence-corrected chi connectivity index (χ3v) is 20.2. The van der Waals surface area contributed by atoms with Crippen LogP contribution in [0, 0.1) is 0 Å². The second-order valence-corrected chi connectivity index (χ2v) is 24.8. The summed E-state index contributed by atoms with van der Waals surface area (Å²) in [6.45, 7) is -0.329. The van der Waals surface area contributed by atoms with Gasteiger partial charge < -0.3 is 24.3 Å². The van der Waals surface area contributed by atoms with Crippen LogP contribution in [-0.2, 0) is 0 Å². The van der Waals surface area contributed by atoms with E-state index >= 15 is 0 Å². The lowest BCUT2D eigenvalue weighted by Crippen LogP contribution is -2.63. The minimum atomic E-state index is -0.193. The number of benzene rings is 13. The Bertz CT molecular complexity index is 4700. The molecule has 13 aromatic carbocycles. The maximum Gasteiger partial charge on any atom is 0.256 e. The molecule has 0 spiro atoms. The molecule has 0 saturated carbocycles. The Hall–Kier alpha value is -10.4. The van der Waals surface area contributed by atoms with E-state index in [1.165, 1.54) is 57.5 Å². The Morgan fingerprint density at radius 1 is 0.333 bits per heavy atom. The first-order valence-electron chi connectivity index (χ1n) is 29.7. The van der Waals surface area contributed by atoms with Gasteiger partial charge in [0.1, 0.15) is 11.5 Å². The molecule has 1 aromatic heterocycles. The monoisotopic (exact) mass is 1140 g/mol. The third-order valence-electron chi connectivity index (χ3n) is 17.9. The summed E-state index contributed by atoms with van der Waals surface area (Å²) < 4.78 is 10.6. The molecule has 0 fully saturated rings. The van der Waals surface area contributed by atoms with E-state index in [1.54, 1.807) is 0 Å². The first-order valence-corrected chi connectivity index (χ1v) is 31.3. The molecule has 406 valence electrons. The molecular weight excluding hydrogens is 1090 g/mol. The number of fused-ring (bicyclic) bond motifs is 11. The second-order valence-electron chi connectivity index (χ2n) is 22.7. The van der Waals surface area contributed by atoms with Gasteiger partial charge >= 0.3 is 0 Å². The molecule has 0 saturated heterocycles. The Morgan fingerprint density at radius 2 is 0.793 bits per heavy atom. The highest BCUT2D eigenvalue weighted by Crippen LogP contribution is 2.53. The van der Waals surface area contributed by atoms with Gasteiger partial charge in [-0.05, 0) is 148 Å². The van der Waals surface area contributed by atoms with Crippen LogP contribution in [0.15, 0.2) is 313 Å². The van der Waals surface area contributed by atoms with E-state index in [1.807, 2.05) is 23.1 Å². The van der Waals surface area contributed by atoms with Gasteiger partial charge in [-0.1, -0.05) is 199 Å². The van der Waals surface area contributed by atoms with Crippen molar-refractivity contribution in [3.05, 3.63) is 303 Å². The van der Waals surface area contributed by atoms with Gasteiger partial charge in [-0.25, -0.2) is 0 Å². The summed E-state index contributed by atoms with van der Waals surface area (Å²) >= 11 is 3.76. The molecule has 5 heterocycles. The number of anilines is 12. The normalized spacial score (nSPS) is 13.0. The quantitative estimate of drug-likeness (QED) is 0.133. The molecule has 0 bridgehead atoms. The maximum atomic E-state index is 8.05. The molecule has 0 radical (unpaired) electrons. The topological polar surface area (TPSA) is 22.2 Å². The highest BCUT2D eigenvalue weighted by atomic mass is 32.2. The van der Waals surface area contributed by atoms with E-state index in [0.717, 1.165) is 96.1 Å². The minimum absolute atomic E-state index is 0.135. The lowest BCUT2D eigenvalue weighted by atomic mass is 9.31. The highest BCUT2D eigenvalue weighted by Gasteiger charge is 2.48. The van der Waals surface area contributed by atoms with Crippen molar-refractivity contribution >= 4 is 158 Å². The van der Waals surface area contributed by atoms with Crippen LogP contribution in [0.5, 0.6) is 11.5 Å². The molecule has 0 N–H and O–H groups in total. The summed E-state index contributed by atoms with van der Waals surface area (Å²) in [7, 11) is 0. The first-order chi connectivity index (χ1) is 43.2. The summed E-state index contributed by atoms with van der Waals surface area (Å²) in [4.78, 5) is 12.2. The van der Waals surface area contributed by atoms with Gasteiger partial charge in [-0.15, -0.1) is 11.3 Å². The molecule has 0 atom stereocenters. The van der Waals surface area contributed by atoms with Gasteiger partial charge in [-0.2, -0.15) is 0 Å². The standard InChI is InChI=1S/C78H50B2N4OS2/c1-7-25-52(26-8-1)81(53-27-9-2-10-28-53)58-46-68-75-70(48-58)85-77-64(79(75)62-38-20-22-40-66(62)83(68)56-33-15-5-16-34-56)50-65-78(74(77)51-43-44-61-60-37-19-24-42-71(60)86-72(61)45-51)87-73-49-59(82(54-29-11-3-12-30-54)55-31-13-4-14-32-55)47-69-76(73)80(65)63-39-21-23-41-67(63)84(69)57-35-17-6-18-36-57/h1-50H. The average molecular weight is 1150 g/mol. The van der Waals surface area contributed by atoms with E-state index in [0.29, 0.717) is 0 Å². The van der Waals surface area contributed by atoms with Gasteiger partial charge in [0.15, 0.2) is 0 Å². The third kappa shape index (κ3) is 7.90. The smallest absolute Gasteiger partial charge is 0.256 e. The largest absolute Gasteiger partial charge is 0.458 e. The van der Waals surface area contributed by atoms with Gasteiger partial charge in [-0.3, -0.25) is 0 Å². The van der Waals surface area contributed by atoms with Gasteiger partial charge in [0.05, 0.1) is 5.69 Å². The SMILES string of the molecule is c1ccc(N(c2ccccc2)c2cc3c4c(c2)N(c2ccccc2)c2ccccc2B4c2cc4c(c(-c5ccc6c(c5)sc5ccccc56)c2O3)Sc2cc(N(c3ccccc3)c3ccccc3)cc3c2B4c2ccccc2N3c2ccccc2)cc1. The minimum Gasteiger partial charge on any atom is -0.458 e. The van der Waals surface area contributed by atoms with Crippen molar-refractivity contribution < 1.29 is 4.74 Å². The zero-order valence-electron chi connectivity index (χ0n) is 47.0. The Labute approximate surface area is 514 Å². The van der Waals surface area contributed by atoms with Crippen molar-refractivity contribution in [1.82, 2.24) is 0 Å². The van der Waals surface area contributed by atoms with Crippen LogP contribution in [0.4, 0.5) is 68.2 Å². The van der Waals surface area contributed by atoms with Gasteiger partial charge in [0.2, 0.25) is 6.71 Å². The number of rotatable bonds is 9. The molecule has 4 aliphatic rings. The van der Waals surface area contributed by atoms with Gasteiger partial charge in [0.25, 0.3) is 6.71 Å². The highest BCUT2D eigenvalue weighted by molar-refractivity contribution is 8.00. The molecule has 0 amide bonds. The summed E-state index contributed by atoms with van der Waals surface area (Å²) in [6, 6.07) is 111. The number of thiophene rings is 1. The Kier molecular flexibility index (Phi) is 11.5. The second kappa shape index (κ2) is 20.1. The van der Waals surface area contributed by atoms with Crippen molar-refractivity contribution in [3.63, 3.8) is 0 Å². The number of hydrogen-bond acceptors (Lipinski definition) is 7. The summed E-state index contributed by atoms with van der Waals surface area (Å²) in [5.41, 5.74) is 22.8. The van der Waals surface area contributed by atoms with Crippen LogP contribution < -0.4 is 57.1 Å². The molecule has 14 aromatic rings. The molecule has 5 nitrogen and oxygen atoms in total. The molecule has 87 heavy (non-hydrogen) atoms. The van der Waals surface area contributed by atoms with E-state index in [9.17, 15) is 0 Å². The molecule has 9 heteroatoms. The summed E-state index contributed by atoms with van der Waals surface area (Å²) in [6.07, 6.45) is 0. The molecule has 0 aliphatic carbocycles. The Balaban J connectivity index is 0.948. The molecular formula is C78H50B2N4OS2. The zero-order chi connectivity index (χ0) is 57.1. The Morgan fingerprint density at radius 3 is 1.36 bits per heavy atom. The van der Waals surface area contributed by atoms with Crippen LogP contribution >= 0.6 is 23.1 Å². The lowest BCUT2D eigenvalue weighted by molar-refractivity contribution is 0.488. The van der Waals surface area contributed by atoms with Crippen LogP contribution in [0.25, 0.3) is 31.3 Å². The van der Waals surface area contributed by atoms with Crippen LogP contribution in [0.2, 0.25) is 0 Å². The predicted molar refractivity (Wildman–Crippen MR) is 370 cm³/mol. The van der Waals surface area contributed by atoms with Crippen molar-refractivity contribution in [2.24, 2.45) is 0 Å². The van der Waals surface area contributed by atoms with Crippen molar-refractivity contribution in [2.45, 2.75) is 9.79 Å². The molecule has 0 unspecified atom stereocenters. The fourth-order valence-electron chi connectivity index (χ4n) is 14.3. The van der Waals surface area contributed by atoms with Crippen molar-refractivity contribution in [2.75, 3.05) is 19.6 Å². The maximum absolute atomic E-state index is 8.05. The number of nitrogens with zero attached hydrogens (tertiary/aromatic N) is 4. The number of ether oxygens (including phenoxy) is 1. The van der Waals surface area contributed by atoms with Crippen LogP contribution in [-0.4, -0.2) is 13.4 Å². The van der Waals surface area contributed by atoms with E-state index < -0.39 is 0 Å². The first kappa shape index (κ1) is 49.9. The van der Waals surface area contributed by atoms with E-state index in [4.69, 9.17) is 4.74 Å². The predicted octanol–water partition coefficient (Wildman–Crippen LogP) is 17.8. The van der Waals surface area contributed by atoms with E-state index in [-0.39, 0.29) is 13.4 Å². The zero-order valence-corrected chi connectivity index (χ0v) is 48.7.